The van der Waals surface area contributed by atoms with Crippen molar-refractivity contribution in [2.24, 2.45) is 5.92 Å². The average Bonchev–Trinajstić information content (AvgIpc) is 2.40. The summed E-state index contributed by atoms with van der Waals surface area (Å²) in [7, 11) is 0. The van der Waals surface area contributed by atoms with Crippen molar-refractivity contribution in [1.82, 2.24) is 5.32 Å². The van der Waals surface area contributed by atoms with Crippen LogP contribution in [0.2, 0.25) is 0 Å². The third-order valence-corrected chi connectivity index (χ3v) is 3.25. The molecule has 1 aromatic rings. The van der Waals surface area contributed by atoms with Crippen LogP contribution in [0.15, 0.2) is 18.2 Å². The summed E-state index contributed by atoms with van der Waals surface area (Å²) in [6, 6.07) is 4.03. The predicted molar refractivity (Wildman–Crippen MR) is 81.1 cm³/mol. The molecule has 1 rings (SSSR count). The molecule has 0 bridgehead atoms. The highest BCUT2D eigenvalue weighted by molar-refractivity contribution is 5.94. The molecule has 1 amide bonds. The largest absolute Gasteiger partial charge is 0.396 e. The smallest absolute Gasteiger partial charge is 0.251 e. The lowest BCUT2D eigenvalue weighted by molar-refractivity contribution is 0.0953. The number of hydrogen-bond acceptors (Lipinski definition) is 2. The first-order valence-electron chi connectivity index (χ1n) is 7.34. The van der Waals surface area contributed by atoms with Gasteiger partial charge in [-0.2, -0.15) is 0 Å². The van der Waals surface area contributed by atoms with Gasteiger partial charge in [-0.3, -0.25) is 4.79 Å². The monoisotopic (exact) mass is 280 g/mol. The highest BCUT2D eigenvalue weighted by Crippen LogP contribution is 2.12. The molecule has 20 heavy (non-hydrogen) atoms. The molecule has 112 valence electrons. The molecule has 3 N–H and O–H groups in total. The molecule has 0 radical (unpaired) electrons. The van der Waals surface area contributed by atoms with Crippen LogP contribution in [-0.4, -0.2) is 12.5 Å². The number of hydrogen-bond donors (Lipinski definition) is 2. The first-order chi connectivity index (χ1) is 9.50. The molecule has 0 fully saturated rings. The Kier molecular flexibility index (Phi) is 7.05. The molecular formula is C16H25FN2O. The first kappa shape index (κ1) is 16.5. The summed E-state index contributed by atoms with van der Waals surface area (Å²) in [4.78, 5) is 11.8. The lowest BCUT2D eigenvalue weighted by atomic mass is 10.0. The Hall–Kier alpha value is -1.58. The summed E-state index contributed by atoms with van der Waals surface area (Å²) >= 11 is 0. The van der Waals surface area contributed by atoms with Crippen LogP contribution in [0.25, 0.3) is 0 Å². The summed E-state index contributed by atoms with van der Waals surface area (Å²) < 4.78 is 13.0. The van der Waals surface area contributed by atoms with Gasteiger partial charge in [0.1, 0.15) is 5.82 Å². The van der Waals surface area contributed by atoms with Crippen LogP contribution in [0.1, 0.15) is 56.3 Å². The topological polar surface area (TPSA) is 55.1 Å². The van der Waals surface area contributed by atoms with E-state index in [0.717, 1.165) is 18.8 Å². The minimum atomic E-state index is -0.494. The maximum atomic E-state index is 13.0. The number of nitrogens with one attached hydrogen (secondary N) is 1. The van der Waals surface area contributed by atoms with Gasteiger partial charge in [0.15, 0.2) is 0 Å². The molecule has 0 heterocycles. The Morgan fingerprint density at radius 1 is 1.25 bits per heavy atom. The van der Waals surface area contributed by atoms with Gasteiger partial charge in [0.05, 0.1) is 5.69 Å². The van der Waals surface area contributed by atoms with Crippen LogP contribution >= 0.6 is 0 Å². The number of carbonyl (C=O) groups excluding carboxylic acids is 1. The number of unbranched alkanes of at least 4 members (excludes halogenated alkanes) is 3. The van der Waals surface area contributed by atoms with Crippen LogP contribution in [0.3, 0.4) is 0 Å². The van der Waals surface area contributed by atoms with E-state index in [1.807, 2.05) is 0 Å². The summed E-state index contributed by atoms with van der Waals surface area (Å²) in [5.74, 6) is 0.0734. The van der Waals surface area contributed by atoms with Crippen molar-refractivity contribution in [2.75, 3.05) is 12.3 Å². The number of amides is 1. The van der Waals surface area contributed by atoms with Crippen molar-refractivity contribution in [3.05, 3.63) is 29.6 Å². The Bertz CT molecular complexity index is 432. The molecule has 0 aliphatic rings. The molecule has 3 nitrogen and oxygen atoms in total. The highest BCUT2D eigenvalue weighted by Gasteiger charge is 2.07. The SMILES string of the molecule is CC(C)CCCCCCNC(=O)c1ccc(F)c(N)c1. The molecular weight excluding hydrogens is 255 g/mol. The van der Waals surface area contributed by atoms with E-state index in [-0.39, 0.29) is 11.6 Å². The van der Waals surface area contributed by atoms with Crippen molar-refractivity contribution >= 4 is 11.6 Å². The summed E-state index contributed by atoms with van der Waals surface area (Å²) in [5, 5.41) is 2.83. The lowest BCUT2D eigenvalue weighted by Gasteiger charge is -2.07. The van der Waals surface area contributed by atoms with Crippen LogP contribution in [-0.2, 0) is 0 Å². The van der Waals surface area contributed by atoms with Gasteiger partial charge in [-0.1, -0.05) is 39.5 Å². The molecule has 0 aliphatic carbocycles. The molecule has 0 spiro atoms. The molecule has 0 saturated heterocycles. The quantitative estimate of drug-likeness (QED) is 0.563. The Balaban J connectivity index is 2.18. The Morgan fingerprint density at radius 2 is 1.95 bits per heavy atom. The summed E-state index contributed by atoms with van der Waals surface area (Å²) in [6.07, 6.45) is 5.82. The van der Waals surface area contributed by atoms with E-state index >= 15 is 0 Å². The number of carbonyl (C=O) groups is 1. The Morgan fingerprint density at radius 3 is 2.60 bits per heavy atom. The second-order valence-corrected chi connectivity index (χ2v) is 5.59. The van der Waals surface area contributed by atoms with Gasteiger partial charge in [-0.05, 0) is 30.5 Å². The van der Waals surface area contributed by atoms with Gasteiger partial charge < -0.3 is 11.1 Å². The minimum Gasteiger partial charge on any atom is -0.396 e. The molecule has 0 saturated carbocycles. The molecule has 4 heteroatoms. The van der Waals surface area contributed by atoms with Crippen molar-refractivity contribution in [3.8, 4) is 0 Å². The molecule has 1 aromatic carbocycles. The van der Waals surface area contributed by atoms with Crippen LogP contribution in [0.4, 0.5) is 10.1 Å². The Labute approximate surface area is 120 Å². The maximum Gasteiger partial charge on any atom is 0.251 e. The van der Waals surface area contributed by atoms with E-state index < -0.39 is 5.82 Å². The molecule has 0 unspecified atom stereocenters. The minimum absolute atomic E-state index is 0.00587. The van der Waals surface area contributed by atoms with E-state index in [2.05, 4.69) is 19.2 Å². The fourth-order valence-electron chi connectivity index (χ4n) is 2.02. The van der Waals surface area contributed by atoms with E-state index in [1.54, 1.807) is 0 Å². The van der Waals surface area contributed by atoms with E-state index in [1.165, 1.54) is 37.5 Å². The fourth-order valence-corrected chi connectivity index (χ4v) is 2.02. The van der Waals surface area contributed by atoms with Crippen molar-refractivity contribution in [2.45, 2.75) is 46.0 Å². The number of rotatable bonds is 8. The zero-order valence-corrected chi connectivity index (χ0v) is 12.4. The van der Waals surface area contributed by atoms with E-state index in [4.69, 9.17) is 5.73 Å². The standard InChI is InChI=1S/C16H25FN2O/c1-12(2)7-5-3-4-6-10-19-16(20)13-8-9-14(17)15(18)11-13/h8-9,11-12H,3-7,10,18H2,1-2H3,(H,19,20). The average molecular weight is 280 g/mol. The summed E-state index contributed by atoms with van der Waals surface area (Å²) in [6.45, 7) is 5.11. The molecule has 0 aromatic heterocycles. The highest BCUT2D eigenvalue weighted by atomic mass is 19.1. The second kappa shape index (κ2) is 8.56. The zero-order valence-electron chi connectivity index (χ0n) is 12.4. The van der Waals surface area contributed by atoms with Crippen LogP contribution < -0.4 is 11.1 Å². The van der Waals surface area contributed by atoms with Gasteiger partial charge >= 0.3 is 0 Å². The van der Waals surface area contributed by atoms with Crippen molar-refractivity contribution in [1.29, 1.82) is 0 Å². The number of anilines is 1. The number of nitrogen functional groups attached to an aromatic ring is 1. The number of nitrogens with two attached hydrogens (primary N) is 1. The van der Waals surface area contributed by atoms with Gasteiger partial charge in [-0.25, -0.2) is 4.39 Å². The van der Waals surface area contributed by atoms with Gasteiger partial charge in [0, 0.05) is 12.1 Å². The van der Waals surface area contributed by atoms with Gasteiger partial charge in [-0.15, -0.1) is 0 Å². The van der Waals surface area contributed by atoms with E-state index in [0.29, 0.717) is 12.1 Å². The molecule has 0 atom stereocenters. The van der Waals surface area contributed by atoms with Crippen molar-refractivity contribution < 1.29 is 9.18 Å². The van der Waals surface area contributed by atoms with Gasteiger partial charge in [0.25, 0.3) is 5.91 Å². The molecule has 0 aliphatic heterocycles. The number of halogens is 1. The summed E-state index contributed by atoms with van der Waals surface area (Å²) in [5.41, 5.74) is 5.85. The van der Waals surface area contributed by atoms with Crippen LogP contribution in [0, 0.1) is 11.7 Å². The normalized spacial score (nSPS) is 10.8. The lowest BCUT2D eigenvalue weighted by Crippen LogP contribution is -2.24. The van der Waals surface area contributed by atoms with Crippen molar-refractivity contribution in [3.63, 3.8) is 0 Å². The second-order valence-electron chi connectivity index (χ2n) is 5.59. The number of benzene rings is 1. The van der Waals surface area contributed by atoms with Gasteiger partial charge in [0.2, 0.25) is 0 Å². The fraction of sp³-hybridized carbons (Fsp3) is 0.562. The third-order valence-electron chi connectivity index (χ3n) is 3.25. The first-order valence-corrected chi connectivity index (χ1v) is 7.34. The predicted octanol–water partition coefficient (Wildman–Crippen LogP) is 3.74. The third kappa shape index (κ3) is 6.04. The maximum absolute atomic E-state index is 13.0. The zero-order chi connectivity index (χ0) is 15.0. The van der Waals surface area contributed by atoms with E-state index in [9.17, 15) is 9.18 Å². The van der Waals surface area contributed by atoms with Crippen LogP contribution in [0.5, 0.6) is 0 Å².